The van der Waals surface area contributed by atoms with Crippen LogP contribution in [0.2, 0.25) is 0 Å². The first-order chi connectivity index (χ1) is 9.66. The molecule has 1 aliphatic carbocycles. The summed E-state index contributed by atoms with van der Waals surface area (Å²) in [7, 11) is 0. The van der Waals surface area contributed by atoms with Gasteiger partial charge in [-0.1, -0.05) is 0 Å². The van der Waals surface area contributed by atoms with Gasteiger partial charge in [0.1, 0.15) is 5.60 Å². The summed E-state index contributed by atoms with van der Waals surface area (Å²) in [6.45, 7) is 2.03. The van der Waals surface area contributed by atoms with Crippen molar-refractivity contribution in [1.29, 1.82) is 0 Å². The minimum Gasteiger partial charge on any atom is -0.385 e. The molecule has 5 nitrogen and oxygen atoms in total. The zero-order valence-electron chi connectivity index (χ0n) is 11.9. The van der Waals surface area contributed by atoms with Crippen LogP contribution in [0, 0.1) is 0 Å². The van der Waals surface area contributed by atoms with E-state index in [4.69, 9.17) is 15.2 Å². The molecule has 0 radical (unpaired) electrons. The lowest BCUT2D eigenvalue weighted by atomic mass is 9.90. The van der Waals surface area contributed by atoms with Crippen molar-refractivity contribution in [3.8, 4) is 0 Å². The van der Waals surface area contributed by atoms with E-state index in [0.717, 1.165) is 6.42 Å². The van der Waals surface area contributed by atoms with Gasteiger partial charge in [-0.3, -0.25) is 4.74 Å². The van der Waals surface area contributed by atoms with Crippen LogP contribution in [-0.2, 0) is 14.2 Å². The van der Waals surface area contributed by atoms with E-state index < -0.39 is 18.1 Å². The van der Waals surface area contributed by atoms with Gasteiger partial charge in [-0.05, 0) is 19.8 Å². The fourth-order valence-electron chi connectivity index (χ4n) is 2.58. The fraction of sp³-hybridized carbons (Fsp3) is 1.00. The van der Waals surface area contributed by atoms with E-state index in [9.17, 15) is 18.3 Å². The highest BCUT2D eigenvalue weighted by molar-refractivity contribution is 4.89. The van der Waals surface area contributed by atoms with Gasteiger partial charge in [0, 0.05) is 18.9 Å². The number of rotatable bonds is 5. The normalized spacial score (nSPS) is 36.9. The maximum absolute atomic E-state index is 12.0. The van der Waals surface area contributed by atoms with Crippen LogP contribution < -0.4 is 5.73 Å². The zero-order valence-corrected chi connectivity index (χ0v) is 11.9. The molecule has 2 rings (SSSR count). The molecule has 0 aromatic carbocycles. The zero-order chi connectivity index (χ0) is 15.7. The smallest absolute Gasteiger partial charge is 0.385 e. The molecule has 2 aliphatic rings. The second-order valence-electron chi connectivity index (χ2n) is 6.11. The Morgan fingerprint density at radius 1 is 1.24 bits per heavy atom. The molecule has 1 aliphatic heterocycles. The molecule has 1 unspecified atom stereocenters. The summed E-state index contributed by atoms with van der Waals surface area (Å²) in [6.07, 6.45) is -4.33. The molecule has 0 spiro atoms. The van der Waals surface area contributed by atoms with Crippen LogP contribution in [0.25, 0.3) is 0 Å². The van der Waals surface area contributed by atoms with Crippen molar-refractivity contribution in [3.63, 3.8) is 0 Å². The van der Waals surface area contributed by atoms with Gasteiger partial charge < -0.3 is 20.3 Å². The summed E-state index contributed by atoms with van der Waals surface area (Å²) in [5.41, 5.74) is 4.54. The molecule has 1 saturated carbocycles. The average molecular weight is 313 g/mol. The maximum Gasteiger partial charge on any atom is 0.522 e. The first-order valence-corrected chi connectivity index (χ1v) is 7.11. The third-order valence-electron chi connectivity index (χ3n) is 3.97. The van der Waals surface area contributed by atoms with E-state index in [-0.39, 0.29) is 37.7 Å². The van der Waals surface area contributed by atoms with E-state index >= 15 is 0 Å². The van der Waals surface area contributed by atoms with Crippen LogP contribution in [0.1, 0.15) is 32.6 Å². The standard InChI is InChI=1S/C13H22F3NO4/c1-12(18,11-3-2-8(17)6-19-11)7-20-9-4-10(5-9)21-13(14,15)16/h8-11,18H,2-7,17H2,1H3/t8-,9?,10?,11+,12?/m1/s1. The van der Waals surface area contributed by atoms with Crippen molar-refractivity contribution in [2.24, 2.45) is 5.73 Å². The molecule has 0 bridgehead atoms. The molecular formula is C13H22F3NO4. The van der Waals surface area contributed by atoms with Gasteiger partial charge >= 0.3 is 6.36 Å². The van der Waals surface area contributed by atoms with Crippen molar-refractivity contribution in [2.75, 3.05) is 13.2 Å². The molecule has 8 heteroatoms. The van der Waals surface area contributed by atoms with Crippen LogP contribution in [-0.4, -0.2) is 54.6 Å². The molecule has 2 fully saturated rings. The average Bonchev–Trinajstić information content (AvgIpc) is 2.31. The van der Waals surface area contributed by atoms with Gasteiger partial charge in [0.05, 0.1) is 31.5 Å². The number of alkyl halides is 3. The summed E-state index contributed by atoms with van der Waals surface area (Å²) in [5.74, 6) is 0. The molecule has 0 aromatic heterocycles. The number of hydrogen-bond donors (Lipinski definition) is 2. The minimum absolute atomic E-state index is 0.00937. The quantitative estimate of drug-likeness (QED) is 0.801. The number of ether oxygens (including phenoxy) is 3. The molecule has 124 valence electrons. The van der Waals surface area contributed by atoms with Crippen molar-refractivity contribution in [1.82, 2.24) is 0 Å². The molecule has 21 heavy (non-hydrogen) atoms. The van der Waals surface area contributed by atoms with E-state index in [1.807, 2.05) is 0 Å². The highest BCUT2D eigenvalue weighted by atomic mass is 19.4. The second kappa shape index (κ2) is 6.37. The lowest BCUT2D eigenvalue weighted by Gasteiger charge is -2.40. The number of nitrogens with two attached hydrogens (primary N) is 1. The Hall–Kier alpha value is -0.410. The van der Waals surface area contributed by atoms with Gasteiger partial charge in [0.15, 0.2) is 0 Å². The van der Waals surface area contributed by atoms with Crippen LogP contribution in [0.4, 0.5) is 13.2 Å². The summed E-state index contributed by atoms with van der Waals surface area (Å²) in [5, 5.41) is 10.3. The summed E-state index contributed by atoms with van der Waals surface area (Å²) >= 11 is 0. The Morgan fingerprint density at radius 3 is 2.43 bits per heavy atom. The summed E-state index contributed by atoms with van der Waals surface area (Å²) in [6, 6.07) is -0.00937. The van der Waals surface area contributed by atoms with E-state index in [1.165, 1.54) is 0 Å². The summed E-state index contributed by atoms with van der Waals surface area (Å²) < 4.78 is 50.8. The molecule has 3 atom stereocenters. The highest BCUT2D eigenvalue weighted by Gasteiger charge is 2.42. The first kappa shape index (κ1) is 17.0. The molecule has 0 amide bonds. The van der Waals surface area contributed by atoms with Crippen LogP contribution >= 0.6 is 0 Å². The van der Waals surface area contributed by atoms with E-state index in [2.05, 4.69) is 4.74 Å². The molecule has 1 saturated heterocycles. The number of halogens is 3. The van der Waals surface area contributed by atoms with Crippen molar-refractivity contribution in [2.45, 2.75) is 68.9 Å². The third kappa shape index (κ3) is 5.07. The SMILES string of the molecule is CC(O)(COC1CC(OC(F)(F)F)C1)[C@@H]1CC[C@@H](N)CO1. The monoisotopic (exact) mass is 313 g/mol. The lowest BCUT2D eigenvalue weighted by molar-refractivity contribution is -0.358. The Morgan fingerprint density at radius 2 is 1.90 bits per heavy atom. The van der Waals surface area contributed by atoms with Crippen LogP contribution in [0.15, 0.2) is 0 Å². The van der Waals surface area contributed by atoms with Gasteiger partial charge in [-0.15, -0.1) is 13.2 Å². The predicted molar refractivity (Wildman–Crippen MR) is 67.5 cm³/mol. The molecule has 3 N–H and O–H groups in total. The van der Waals surface area contributed by atoms with Gasteiger partial charge in [0.2, 0.25) is 0 Å². The Balaban J connectivity index is 1.67. The van der Waals surface area contributed by atoms with E-state index in [1.54, 1.807) is 6.92 Å². The Bertz CT molecular complexity index is 337. The highest BCUT2D eigenvalue weighted by Crippen LogP contribution is 2.33. The fourth-order valence-corrected chi connectivity index (χ4v) is 2.58. The van der Waals surface area contributed by atoms with Crippen molar-refractivity contribution in [3.05, 3.63) is 0 Å². The maximum atomic E-state index is 12.0. The van der Waals surface area contributed by atoms with E-state index in [0.29, 0.717) is 13.0 Å². The Labute approximate surface area is 121 Å². The summed E-state index contributed by atoms with van der Waals surface area (Å²) in [4.78, 5) is 0. The molecule has 0 aromatic rings. The molecule has 1 heterocycles. The van der Waals surface area contributed by atoms with Crippen LogP contribution in [0.3, 0.4) is 0 Å². The number of hydrogen-bond acceptors (Lipinski definition) is 5. The van der Waals surface area contributed by atoms with Crippen LogP contribution in [0.5, 0.6) is 0 Å². The third-order valence-corrected chi connectivity index (χ3v) is 3.97. The predicted octanol–water partition coefficient (Wildman–Crippen LogP) is 1.33. The van der Waals surface area contributed by atoms with Crippen molar-refractivity contribution < 1.29 is 32.5 Å². The molecular weight excluding hydrogens is 291 g/mol. The van der Waals surface area contributed by atoms with Gasteiger partial charge in [-0.2, -0.15) is 0 Å². The van der Waals surface area contributed by atoms with Crippen molar-refractivity contribution >= 4 is 0 Å². The van der Waals surface area contributed by atoms with Gasteiger partial charge in [0.25, 0.3) is 0 Å². The lowest BCUT2D eigenvalue weighted by Crippen LogP contribution is -2.51. The minimum atomic E-state index is -4.60. The number of aliphatic hydroxyl groups is 1. The Kier molecular flexibility index (Phi) is 5.15. The largest absolute Gasteiger partial charge is 0.522 e. The van der Waals surface area contributed by atoms with Gasteiger partial charge in [-0.25, -0.2) is 0 Å². The second-order valence-corrected chi connectivity index (χ2v) is 6.11. The first-order valence-electron chi connectivity index (χ1n) is 7.11. The topological polar surface area (TPSA) is 73.9 Å².